The van der Waals surface area contributed by atoms with Crippen LogP contribution in [0.4, 0.5) is 0 Å². The molecule has 0 spiro atoms. The average molecular weight is 238 g/mol. The third-order valence-electron chi connectivity index (χ3n) is 5.65. The van der Waals surface area contributed by atoms with Crippen LogP contribution in [-0.2, 0) is 0 Å². The van der Waals surface area contributed by atoms with Gasteiger partial charge in [-0.15, -0.1) is 0 Å². The maximum Gasteiger partial charge on any atom is 0.0846 e. The molecule has 0 aromatic heterocycles. The molecule has 3 aliphatic heterocycles. The SMILES string of the molecule is CC1(C)CCC(O)(C2(N)CN3CCC2CC3)C1. The Kier molecular flexibility index (Phi) is 2.43. The molecular weight excluding hydrogens is 212 g/mol. The van der Waals surface area contributed by atoms with Crippen molar-refractivity contribution in [1.82, 2.24) is 4.90 Å². The number of fused-ring (bicyclic) bond motifs is 3. The van der Waals surface area contributed by atoms with Crippen LogP contribution in [-0.4, -0.2) is 40.8 Å². The highest BCUT2D eigenvalue weighted by Gasteiger charge is 2.59. The van der Waals surface area contributed by atoms with Gasteiger partial charge in [-0.1, -0.05) is 13.8 Å². The Balaban J connectivity index is 1.88. The molecule has 3 nitrogen and oxygen atoms in total. The zero-order valence-electron chi connectivity index (χ0n) is 11.2. The Morgan fingerprint density at radius 1 is 1.18 bits per heavy atom. The zero-order valence-corrected chi connectivity index (χ0v) is 11.2. The second kappa shape index (κ2) is 3.46. The second-order valence-corrected chi connectivity index (χ2v) is 7.46. The summed E-state index contributed by atoms with van der Waals surface area (Å²) in [5, 5.41) is 11.1. The molecule has 3 heteroatoms. The molecule has 4 rings (SSSR count). The van der Waals surface area contributed by atoms with E-state index in [2.05, 4.69) is 18.7 Å². The van der Waals surface area contributed by atoms with Crippen LogP contribution in [0.5, 0.6) is 0 Å². The largest absolute Gasteiger partial charge is 0.388 e. The Labute approximate surface area is 104 Å². The normalized spacial score (nSPS) is 52.9. The van der Waals surface area contributed by atoms with Crippen molar-refractivity contribution >= 4 is 0 Å². The molecule has 0 amide bonds. The third kappa shape index (κ3) is 1.66. The van der Waals surface area contributed by atoms with Crippen LogP contribution in [0.25, 0.3) is 0 Å². The smallest absolute Gasteiger partial charge is 0.0846 e. The predicted octanol–water partition coefficient (Wildman–Crippen LogP) is 1.35. The summed E-state index contributed by atoms with van der Waals surface area (Å²) in [5.41, 5.74) is 6.00. The molecule has 2 unspecified atom stereocenters. The lowest BCUT2D eigenvalue weighted by Crippen LogP contribution is -2.74. The fraction of sp³-hybridized carbons (Fsp3) is 1.00. The predicted molar refractivity (Wildman–Crippen MR) is 68.7 cm³/mol. The summed E-state index contributed by atoms with van der Waals surface area (Å²) < 4.78 is 0. The van der Waals surface area contributed by atoms with Crippen molar-refractivity contribution < 1.29 is 5.11 Å². The van der Waals surface area contributed by atoms with Crippen molar-refractivity contribution in [3.63, 3.8) is 0 Å². The molecule has 17 heavy (non-hydrogen) atoms. The molecule has 98 valence electrons. The number of aliphatic hydroxyl groups is 1. The quantitative estimate of drug-likeness (QED) is 0.725. The van der Waals surface area contributed by atoms with Crippen molar-refractivity contribution in [3.05, 3.63) is 0 Å². The number of rotatable bonds is 1. The van der Waals surface area contributed by atoms with Gasteiger partial charge in [0.2, 0.25) is 0 Å². The van der Waals surface area contributed by atoms with Crippen molar-refractivity contribution in [2.24, 2.45) is 17.1 Å². The van der Waals surface area contributed by atoms with Crippen molar-refractivity contribution in [3.8, 4) is 0 Å². The molecule has 1 aliphatic carbocycles. The van der Waals surface area contributed by atoms with Gasteiger partial charge in [0.1, 0.15) is 0 Å². The van der Waals surface area contributed by atoms with Crippen LogP contribution in [0.2, 0.25) is 0 Å². The molecule has 2 atom stereocenters. The number of hydrogen-bond acceptors (Lipinski definition) is 3. The Hall–Kier alpha value is -0.120. The monoisotopic (exact) mass is 238 g/mol. The van der Waals surface area contributed by atoms with Gasteiger partial charge < -0.3 is 15.7 Å². The minimum atomic E-state index is -0.625. The van der Waals surface area contributed by atoms with Gasteiger partial charge in [-0.25, -0.2) is 0 Å². The van der Waals surface area contributed by atoms with Gasteiger partial charge in [0.25, 0.3) is 0 Å². The van der Waals surface area contributed by atoms with Gasteiger partial charge in [0.15, 0.2) is 0 Å². The van der Waals surface area contributed by atoms with E-state index in [4.69, 9.17) is 5.73 Å². The highest BCUT2D eigenvalue weighted by atomic mass is 16.3. The Morgan fingerprint density at radius 3 is 2.24 bits per heavy atom. The number of hydrogen-bond donors (Lipinski definition) is 2. The first-order chi connectivity index (χ1) is 7.85. The first-order valence-corrected chi connectivity index (χ1v) is 7.08. The number of piperidine rings is 3. The van der Waals surface area contributed by atoms with Gasteiger partial charge in [-0.05, 0) is 56.5 Å². The molecule has 3 N–H and O–H groups in total. The Bertz CT molecular complexity index is 322. The van der Waals surface area contributed by atoms with E-state index in [0.717, 1.165) is 25.8 Å². The van der Waals surface area contributed by atoms with Crippen molar-refractivity contribution in [1.29, 1.82) is 0 Å². The van der Waals surface area contributed by atoms with E-state index in [9.17, 15) is 5.11 Å². The fourth-order valence-corrected chi connectivity index (χ4v) is 4.54. The lowest BCUT2D eigenvalue weighted by atomic mass is 9.63. The van der Waals surface area contributed by atoms with Gasteiger partial charge in [-0.2, -0.15) is 0 Å². The molecule has 0 aromatic carbocycles. The van der Waals surface area contributed by atoms with Crippen LogP contribution in [0.15, 0.2) is 0 Å². The first-order valence-electron chi connectivity index (χ1n) is 7.08. The average Bonchev–Trinajstić information content (AvgIpc) is 2.56. The van der Waals surface area contributed by atoms with E-state index < -0.39 is 5.60 Å². The molecule has 2 bridgehead atoms. The molecule has 0 aromatic rings. The van der Waals surface area contributed by atoms with E-state index in [1.54, 1.807) is 0 Å². The molecule has 3 saturated heterocycles. The fourth-order valence-electron chi connectivity index (χ4n) is 4.54. The van der Waals surface area contributed by atoms with E-state index >= 15 is 0 Å². The van der Waals surface area contributed by atoms with Crippen molar-refractivity contribution in [2.45, 2.75) is 57.1 Å². The lowest BCUT2D eigenvalue weighted by Gasteiger charge is -2.57. The summed E-state index contributed by atoms with van der Waals surface area (Å²) in [5.74, 6) is 0.534. The van der Waals surface area contributed by atoms with E-state index in [-0.39, 0.29) is 11.0 Å². The summed E-state index contributed by atoms with van der Waals surface area (Å²) >= 11 is 0. The van der Waals surface area contributed by atoms with E-state index in [1.165, 1.54) is 25.9 Å². The first kappa shape index (κ1) is 11.9. The lowest BCUT2D eigenvalue weighted by molar-refractivity contribution is -0.115. The number of nitrogens with zero attached hydrogens (tertiary/aromatic N) is 1. The standard InChI is InChI=1S/C14H26N2O/c1-12(2)5-6-13(17,9-12)14(15)10-16-7-3-11(14)4-8-16/h11,17H,3-10,15H2,1-2H3. The molecule has 4 aliphatic rings. The van der Waals surface area contributed by atoms with Crippen LogP contribution in [0.1, 0.15) is 46.0 Å². The molecule has 3 heterocycles. The minimum Gasteiger partial charge on any atom is -0.388 e. The van der Waals surface area contributed by atoms with Crippen LogP contribution in [0, 0.1) is 11.3 Å². The molecule has 4 fully saturated rings. The third-order valence-corrected chi connectivity index (χ3v) is 5.65. The highest BCUT2D eigenvalue weighted by Crippen LogP contribution is 2.52. The highest BCUT2D eigenvalue weighted by molar-refractivity contribution is 5.16. The van der Waals surface area contributed by atoms with Crippen LogP contribution < -0.4 is 5.73 Å². The molecule has 1 saturated carbocycles. The summed E-state index contributed by atoms with van der Waals surface area (Å²) in [6, 6.07) is 0. The van der Waals surface area contributed by atoms with E-state index in [1.807, 2.05) is 0 Å². The van der Waals surface area contributed by atoms with Gasteiger partial charge >= 0.3 is 0 Å². The van der Waals surface area contributed by atoms with Gasteiger partial charge in [0, 0.05) is 6.54 Å². The maximum absolute atomic E-state index is 11.1. The van der Waals surface area contributed by atoms with Gasteiger partial charge in [0.05, 0.1) is 11.1 Å². The van der Waals surface area contributed by atoms with E-state index in [0.29, 0.717) is 5.92 Å². The number of nitrogens with two attached hydrogens (primary N) is 1. The maximum atomic E-state index is 11.1. The molecule has 0 radical (unpaired) electrons. The molecular formula is C14H26N2O. The summed E-state index contributed by atoms with van der Waals surface area (Å²) in [6.07, 6.45) is 5.23. The zero-order chi connectivity index (χ0) is 12.3. The summed E-state index contributed by atoms with van der Waals surface area (Å²) in [7, 11) is 0. The second-order valence-electron chi connectivity index (χ2n) is 7.46. The van der Waals surface area contributed by atoms with Crippen LogP contribution >= 0.6 is 0 Å². The topological polar surface area (TPSA) is 49.5 Å². The minimum absolute atomic E-state index is 0.257. The summed E-state index contributed by atoms with van der Waals surface area (Å²) in [6.45, 7) is 7.79. The Morgan fingerprint density at radius 2 is 1.82 bits per heavy atom. The van der Waals surface area contributed by atoms with Crippen molar-refractivity contribution in [2.75, 3.05) is 19.6 Å². The summed E-state index contributed by atoms with van der Waals surface area (Å²) in [4.78, 5) is 2.45. The van der Waals surface area contributed by atoms with Gasteiger partial charge in [-0.3, -0.25) is 0 Å². The van der Waals surface area contributed by atoms with Crippen LogP contribution in [0.3, 0.4) is 0 Å².